The first-order chi connectivity index (χ1) is 12.5. The SMILES string of the molecule is O=C(Nc1ccc2c(c1)oc1ccccc12)Nc1cc(F)c(F)cc1Cl. The van der Waals surface area contributed by atoms with Crippen LogP contribution in [0.15, 0.2) is 59.0 Å². The highest BCUT2D eigenvalue weighted by Crippen LogP contribution is 2.30. The highest BCUT2D eigenvalue weighted by molar-refractivity contribution is 6.33. The molecule has 0 fully saturated rings. The molecule has 0 aliphatic rings. The molecule has 1 aromatic heterocycles. The highest BCUT2D eigenvalue weighted by Gasteiger charge is 2.12. The Labute approximate surface area is 151 Å². The minimum absolute atomic E-state index is 0.0344. The van der Waals surface area contributed by atoms with Gasteiger partial charge in [0.25, 0.3) is 0 Å². The van der Waals surface area contributed by atoms with E-state index in [1.807, 2.05) is 30.3 Å². The summed E-state index contributed by atoms with van der Waals surface area (Å²) in [4.78, 5) is 12.1. The normalized spacial score (nSPS) is 11.0. The first-order valence-corrected chi connectivity index (χ1v) is 8.03. The van der Waals surface area contributed by atoms with Crippen LogP contribution in [-0.2, 0) is 0 Å². The van der Waals surface area contributed by atoms with Crippen molar-refractivity contribution in [3.8, 4) is 0 Å². The fourth-order valence-corrected chi connectivity index (χ4v) is 2.90. The lowest BCUT2D eigenvalue weighted by Gasteiger charge is -2.09. The van der Waals surface area contributed by atoms with Crippen LogP contribution in [0.25, 0.3) is 21.9 Å². The number of benzene rings is 3. The highest BCUT2D eigenvalue weighted by atomic mass is 35.5. The number of para-hydroxylation sites is 1. The van der Waals surface area contributed by atoms with Crippen LogP contribution in [0.1, 0.15) is 0 Å². The van der Waals surface area contributed by atoms with Gasteiger partial charge in [-0.1, -0.05) is 29.8 Å². The lowest BCUT2D eigenvalue weighted by Crippen LogP contribution is -2.19. The van der Waals surface area contributed by atoms with E-state index < -0.39 is 17.7 Å². The Kier molecular flexibility index (Phi) is 3.97. The molecule has 26 heavy (non-hydrogen) atoms. The molecule has 4 nitrogen and oxygen atoms in total. The summed E-state index contributed by atoms with van der Waals surface area (Å²) in [6.45, 7) is 0. The van der Waals surface area contributed by atoms with Gasteiger partial charge in [-0.25, -0.2) is 13.6 Å². The molecule has 0 spiro atoms. The van der Waals surface area contributed by atoms with E-state index in [0.29, 0.717) is 11.3 Å². The number of rotatable bonds is 2. The van der Waals surface area contributed by atoms with Gasteiger partial charge in [-0.15, -0.1) is 0 Å². The molecule has 0 atom stereocenters. The van der Waals surface area contributed by atoms with Crippen LogP contribution in [0, 0.1) is 11.6 Å². The zero-order valence-corrected chi connectivity index (χ0v) is 13.9. The lowest BCUT2D eigenvalue weighted by atomic mass is 10.1. The number of halogens is 3. The molecule has 4 rings (SSSR count). The topological polar surface area (TPSA) is 54.3 Å². The number of carbonyl (C=O) groups is 1. The molecule has 0 saturated carbocycles. The molecule has 0 bridgehead atoms. The minimum Gasteiger partial charge on any atom is -0.456 e. The van der Waals surface area contributed by atoms with Gasteiger partial charge in [0.05, 0.1) is 10.7 Å². The van der Waals surface area contributed by atoms with Gasteiger partial charge in [-0.3, -0.25) is 0 Å². The van der Waals surface area contributed by atoms with Gasteiger partial charge >= 0.3 is 6.03 Å². The Bertz CT molecular complexity index is 1160. The fraction of sp³-hybridized carbons (Fsp3) is 0. The smallest absolute Gasteiger partial charge is 0.323 e. The number of amides is 2. The van der Waals surface area contributed by atoms with Crippen molar-refractivity contribution in [2.75, 3.05) is 10.6 Å². The molecule has 0 saturated heterocycles. The van der Waals surface area contributed by atoms with E-state index >= 15 is 0 Å². The van der Waals surface area contributed by atoms with Crippen LogP contribution in [0.5, 0.6) is 0 Å². The maximum Gasteiger partial charge on any atom is 0.323 e. The number of nitrogens with one attached hydrogen (secondary N) is 2. The maximum atomic E-state index is 13.3. The molecule has 0 aliphatic carbocycles. The Hall–Kier alpha value is -3.12. The van der Waals surface area contributed by atoms with Crippen LogP contribution in [0.4, 0.5) is 25.0 Å². The van der Waals surface area contributed by atoms with Gasteiger partial charge in [0.1, 0.15) is 11.2 Å². The summed E-state index contributed by atoms with van der Waals surface area (Å²) in [5, 5.41) is 6.79. The standard InChI is InChI=1S/C19H11ClF2N2O2/c20-13-8-14(21)15(22)9-16(13)24-19(25)23-10-5-6-12-11-3-1-2-4-17(11)26-18(12)7-10/h1-9H,(H2,23,24,25). The van der Waals surface area contributed by atoms with Crippen LogP contribution in [-0.4, -0.2) is 6.03 Å². The Morgan fingerprint density at radius 3 is 2.46 bits per heavy atom. The molecular formula is C19H11ClF2N2O2. The van der Waals surface area contributed by atoms with Gasteiger partial charge in [0.15, 0.2) is 11.6 Å². The largest absolute Gasteiger partial charge is 0.456 e. The van der Waals surface area contributed by atoms with E-state index in [2.05, 4.69) is 10.6 Å². The van der Waals surface area contributed by atoms with Gasteiger partial charge in [-0.2, -0.15) is 0 Å². The van der Waals surface area contributed by atoms with Crippen LogP contribution < -0.4 is 10.6 Å². The summed E-state index contributed by atoms with van der Waals surface area (Å²) in [6, 6.07) is 13.8. The van der Waals surface area contributed by atoms with Crippen LogP contribution in [0.2, 0.25) is 5.02 Å². The monoisotopic (exact) mass is 372 g/mol. The average molecular weight is 373 g/mol. The van der Waals surface area contributed by atoms with Gasteiger partial charge in [0.2, 0.25) is 0 Å². The van der Waals surface area contributed by atoms with Crippen molar-refractivity contribution in [2.24, 2.45) is 0 Å². The number of furan rings is 1. The third-order valence-corrected chi connectivity index (χ3v) is 4.21. The summed E-state index contributed by atoms with van der Waals surface area (Å²) < 4.78 is 32.1. The average Bonchev–Trinajstić information content (AvgIpc) is 2.97. The predicted octanol–water partition coefficient (Wildman–Crippen LogP) is 6.16. The van der Waals surface area contributed by atoms with Crippen molar-refractivity contribution in [3.05, 3.63) is 71.3 Å². The van der Waals surface area contributed by atoms with E-state index in [1.54, 1.807) is 12.1 Å². The van der Waals surface area contributed by atoms with E-state index in [0.717, 1.165) is 28.5 Å². The van der Waals surface area contributed by atoms with Crippen molar-refractivity contribution in [1.29, 1.82) is 0 Å². The Morgan fingerprint density at radius 2 is 1.62 bits per heavy atom. The molecule has 130 valence electrons. The van der Waals surface area contributed by atoms with Crippen molar-refractivity contribution in [1.82, 2.24) is 0 Å². The van der Waals surface area contributed by atoms with Crippen LogP contribution >= 0.6 is 11.6 Å². The summed E-state index contributed by atoms with van der Waals surface area (Å²) in [7, 11) is 0. The van der Waals surface area contributed by atoms with E-state index in [1.165, 1.54) is 0 Å². The molecule has 7 heteroatoms. The maximum absolute atomic E-state index is 13.3. The predicted molar refractivity (Wildman–Crippen MR) is 97.7 cm³/mol. The molecule has 3 aromatic carbocycles. The van der Waals surface area contributed by atoms with E-state index in [-0.39, 0.29) is 10.7 Å². The number of fused-ring (bicyclic) bond motifs is 3. The number of urea groups is 1. The number of hydrogen-bond acceptors (Lipinski definition) is 2. The Morgan fingerprint density at radius 1 is 0.885 bits per heavy atom. The molecule has 0 radical (unpaired) electrons. The van der Waals surface area contributed by atoms with Crippen LogP contribution in [0.3, 0.4) is 0 Å². The van der Waals surface area contributed by atoms with Crippen molar-refractivity contribution < 1.29 is 18.0 Å². The van der Waals surface area contributed by atoms with Crippen molar-refractivity contribution >= 4 is 50.9 Å². The lowest BCUT2D eigenvalue weighted by molar-refractivity contribution is 0.262. The quantitative estimate of drug-likeness (QED) is 0.414. The zero-order chi connectivity index (χ0) is 18.3. The molecular weight excluding hydrogens is 362 g/mol. The molecule has 0 aliphatic heterocycles. The molecule has 2 N–H and O–H groups in total. The van der Waals surface area contributed by atoms with Gasteiger partial charge in [0, 0.05) is 28.6 Å². The summed E-state index contributed by atoms with van der Waals surface area (Å²) in [5.41, 5.74) is 1.81. The fourth-order valence-electron chi connectivity index (χ4n) is 2.71. The second-order valence-corrected chi connectivity index (χ2v) is 6.04. The first-order valence-electron chi connectivity index (χ1n) is 7.65. The van der Waals surface area contributed by atoms with Gasteiger partial charge < -0.3 is 15.1 Å². The van der Waals surface area contributed by atoms with E-state index in [4.69, 9.17) is 16.0 Å². The van der Waals surface area contributed by atoms with Gasteiger partial charge in [-0.05, 0) is 24.3 Å². The number of hydrogen-bond donors (Lipinski definition) is 2. The number of carbonyl (C=O) groups excluding carboxylic acids is 1. The third-order valence-electron chi connectivity index (χ3n) is 3.89. The van der Waals surface area contributed by atoms with E-state index in [9.17, 15) is 13.6 Å². The minimum atomic E-state index is -1.10. The number of anilines is 2. The second kappa shape index (κ2) is 6.31. The third kappa shape index (κ3) is 2.95. The summed E-state index contributed by atoms with van der Waals surface area (Å²) in [5.74, 6) is -2.19. The molecule has 2 amide bonds. The Balaban J connectivity index is 1.58. The zero-order valence-electron chi connectivity index (χ0n) is 13.1. The van der Waals surface area contributed by atoms with Crippen molar-refractivity contribution in [3.63, 3.8) is 0 Å². The molecule has 4 aromatic rings. The molecule has 1 heterocycles. The van der Waals surface area contributed by atoms with Crippen molar-refractivity contribution in [2.45, 2.75) is 0 Å². The first kappa shape index (κ1) is 16.4. The summed E-state index contributed by atoms with van der Waals surface area (Å²) in [6.07, 6.45) is 0. The summed E-state index contributed by atoms with van der Waals surface area (Å²) >= 11 is 5.81. The molecule has 0 unspecified atom stereocenters. The second-order valence-electron chi connectivity index (χ2n) is 5.63.